The molecule has 130 valence electrons. The Morgan fingerprint density at radius 3 is 2.92 bits per heavy atom. The molecule has 3 heterocycles. The van der Waals surface area contributed by atoms with Crippen LogP contribution >= 0.6 is 0 Å². The number of carbonyl (C=O) groups excluding carboxylic acids is 1. The summed E-state index contributed by atoms with van der Waals surface area (Å²) in [5, 5.41) is 10.9. The number of benzene rings is 1. The van der Waals surface area contributed by atoms with Gasteiger partial charge in [0.05, 0.1) is 24.9 Å². The number of aromatic nitrogens is 3. The van der Waals surface area contributed by atoms with Crippen molar-refractivity contribution in [2.45, 2.75) is 13.1 Å². The zero-order valence-corrected chi connectivity index (χ0v) is 13.9. The summed E-state index contributed by atoms with van der Waals surface area (Å²) in [7, 11) is 0. The third-order valence-electron chi connectivity index (χ3n) is 3.93. The fraction of sp³-hybridized carbons (Fsp3) is 0.105. The van der Waals surface area contributed by atoms with Crippen molar-refractivity contribution in [1.82, 2.24) is 20.1 Å². The molecule has 4 rings (SSSR count). The van der Waals surface area contributed by atoms with E-state index in [4.69, 9.17) is 4.42 Å². The number of para-hydroxylation sites is 1. The topological polar surface area (TPSA) is 85.0 Å². The van der Waals surface area contributed by atoms with Gasteiger partial charge < -0.3 is 9.73 Å². The molecule has 0 atom stereocenters. The second-order valence-corrected chi connectivity index (χ2v) is 5.78. The molecule has 0 fully saturated rings. The lowest BCUT2D eigenvalue weighted by atomic mass is 10.1. The number of pyridine rings is 1. The van der Waals surface area contributed by atoms with Crippen molar-refractivity contribution in [3.8, 4) is 0 Å². The Balaban J connectivity index is 1.40. The number of fused-ring (bicyclic) bond motifs is 1. The number of anilines is 1. The number of carbonyl (C=O) groups is 1. The van der Waals surface area contributed by atoms with Crippen LogP contribution in [0.5, 0.6) is 0 Å². The minimum absolute atomic E-state index is 0.321. The highest BCUT2D eigenvalue weighted by Gasteiger charge is 2.07. The summed E-state index contributed by atoms with van der Waals surface area (Å²) in [5.41, 5.74) is 2.02. The van der Waals surface area contributed by atoms with Crippen molar-refractivity contribution in [2.24, 2.45) is 0 Å². The van der Waals surface area contributed by atoms with E-state index >= 15 is 0 Å². The summed E-state index contributed by atoms with van der Waals surface area (Å²) in [6.45, 7) is 0.894. The number of rotatable bonds is 5. The van der Waals surface area contributed by atoms with E-state index in [1.54, 1.807) is 35.3 Å². The maximum atomic E-state index is 11.9. The van der Waals surface area contributed by atoms with Gasteiger partial charge in [-0.05, 0) is 23.8 Å². The molecule has 1 aromatic carbocycles. The van der Waals surface area contributed by atoms with Crippen LogP contribution in [0.1, 0.15) is 11.3 Å². The van der Waals surface area contributed by atoms with E-state index in [1.165, 1.54) is 0 Å². The fourth-order valence-electron chi connectivity index (χ4n) is 2.73. The fourth-order valence-corrected chi connectivity index (χ4v) is 2.73. The van der Waals surface area contributed by atoms with Crippen molar-refractivity contribution < 1.29 is 9.21 Å². The molecule has 7 nitrogen and oxygen atoms in total. The molecule has 0 spiro atoms. The van der Waals surface area contributed by atoms with E-state index in [1.807, 2.05) is 36.5 Å². The zero-order chi connectivity index (χ0) is 17.8. The average molecular weight is 347 g/mol. The van der Waals surface area contributed by atoms with Gasteiger partial charge in [-0.2, -0.15) is 5.10 Å². The standard InChI is InChI=1S/C19H17N5O2/c25-19(21-12-16-7-3-11-26-16)22-17-8-10-24(23-17)13-15-5-1-4-14-6-2-9-20-18(14)15/h1-11H,12-13H2,(H2,21,22,23,25). The number of furan rings is 1. The van der Waals surface area contributed by atoms with E-state index < -0.39 is 0 Å². The first kappa shape index (κ1) is 15.9. The van der Waals surface area contributed by atoms with Crippen LogP contribution < -0.4 is 10.6 Å². The van der Waals surface area contributed by atoms with Gasteiger partial charge in [0, 0.05) is 23.8 Å². The van der Waals surface area contributed by atoms with Crippen LogP contribution in [0.4, 0.5) is 10.6 Å². The average Bonchev–Trinajstić information content (AvgIpc) is 3.32. The van der Waals surface area contributed by atoms with Crippen LogP contribution in [0.15, 0.2) is 71.6 Å². The molecule has 0 radical (unpaired) electrons. The van der Waals surface area contributed by atoms with Crippen molar-refractivity contribution in [3.63, 3.8) is 0 Å². The molecule has 0 bridgehead atoms. The van der Waals surface area contributed by atoms with Gasteiger partial charge in [-0.3, -0.25) is 15.0 Å². The van der Waals surface area contributed by atoms with Crippen LogP contribution in [0, 0.1) is 0 Å². The van der Waals surface area contributed by atoms with Gasteiger partial charge in [0.2, 0.25) is 0 Å². The second kappa shape index (κ2) is 7.10. The Bertz CT molecular complexity index is 1020. The smallest absolute Gasteiger partial charge is 0.320 e. The summed E-state index contributed by atoms with van der Waals surface area (Å²) in [6.07, 6.45) is 5.17. The zero-order valence-electron chi connectivity index (χ0n) is 13.9. The summed E-state index contributed by atoms with van der Waals surface area (Å²) >= 11 is 0. The molecule has 0 saturated heterocycles. The Morgan fingerprint density at radius 1 is 1.12 bits per heavy atom. The number of amides is 2. The number of nitrogens with zero attached hydrogens (tertiary/aromatic N) is 3. The van der Waals surface area contributed by atoms with Crippen molar-refractivity contribution in [1.29, 1.82) is 0 Å². The Labute approximate surface area is 149 Å². The predicted octanol–water partition coefficient (Wildman–Crippen LogP) is 3.39. The lowest BCUT2D eigenvalue weighted by molar-refractivity contribution is 0.250. The normalized spacial score (nSPS) is 10.8. The van der Waals surface area contributed by atoms with Crippen LogP contribution in [-0.4, -0.2) is 20.8 Å². The molecule has 4 aromatic rings. The van der Waals surface area contributed by atoms with Crippen LogP contribution in [-0.2, 0) is 13.1 Å². The van der Waals surface area contributed by atoms with Gasteiger partial charge >= 0.3 is 6.03 Å². The third kappa shape index (κ3) is 3.56. The summed E-state index contributed by atoms with van der Waals surface area (Å²) < 4.78 is 6.94. The molecule has 0 saturated carbocycles. The number of nitrogens with one attached hydrogen (secondary N) is 2. The Morgan fingerprint density at radius 2 is 2.04 bits per heavy atom. The van der Waals surface area contributed by atoms with E-state index in [0.29, 0.717) is 24.7 Å². The molecule has 0 aliphatic rings. The van der Waals surface area contributed by atoms with E-state index in [2.05, 4.69) is 20.7 Å². The van der Waals surface area contributed by atoms with Gasteiger partial charge in [-0.15, -0.1) is 0 Å². The minimum Gasteiger partial charge on any atom is -0.467 e. The summed E-state index contributed by atoms with van der Waals surface area (Å²) in [5.74, 6) is 1.17. The molecule has 3 aromatic heterocycles. The van der Waals surface area contributed by atoms with Crippen molar-refractivity contribution in [3.05, 3.63) is 78.5 Å². The van der Waals surface area contributed by atoms with Gasteiger partial charge in [0.25, 0.3) is 0 Å². The highest BCUT2D eigenvalue weighted by Crippen LogP contribution is 2.17. The third-order valence-corrected chi connectivity index (χ3v) is 3.93. The van der Waals surface area contributed by atoms with Crippen LogP contribution in [0.3, 0.4) is 0 Å². The highest BCUT2D eigenvalue weighted by molar-refractivity contribution is 5.88. The van der Waals surface area contributed by atoms with Gasteiger partial charge in [-0.1, -0.05) is 24.3 Å². The molecule has 7 heteroatoms. The predicted molar refractivity (Wildman–Crippen MR) is 97.6 cm³/mol. The van der Waals surface area contributed by atoms with Crippen LogP contribution in [0.2, 0.25) is 0 Å². The Hall–Kier alpha value is -3.61. The SMILES string of the molecule is O=C(NCc1ccco1)Nc1ccn(Cc2cccc3cccnc23)n1. The van der Waals surface area contributed by atoms with Gasteiger partial charge in [0.15, 0.2) is 5.82 Å². The van der Waals surface area contributed by atoms with Gasteiger partial charge in [-0.25, -0.2) is 4.79 Å². The van der Waals surface area contributed by atoms with E-state index in [-0.39, 0.29) is 6.03 Å². The van der Waals surface area contributed by atoms with Crippen molar-refractivity contribution >= 4 is 22.8 Å². The second-order valence-electron chi connectivity index (χ2n) is 5.78. The first-order chi connectivity index (χ1) is 12.8. The molecular formula is C19H17N5O2. The highest BCUT2D eigenvalue weighted by atomic mass is 16.3. The lowest BCUT2D eigenvalue weighted by Gasteiger charge is -2.06. The quantitative estimate of drug-likeness (QED) is 0.579. The molecule has 0 aliphatic heterocycles. The maximum Gasteiger partial charge on any atom is 0.320 e. The Kier molecular flexibility index (Phi) is 4.34. The largest absolute Gasteiger partial charge is 0.467 e. The molecule has 2 N–H and O–H groups in total. The maximum absolute atomic E-state index is 11.9. The number of hydrogen-bond acceptors (Lipinski definition) is 4. The molecule has 0 unspecified atom stereocenters. The lowest BCUT2D eigenvalue weighted by Crippen LogP contribution is -2.28. The molecular weight excluding hydrogens is 330 g/mol. The van der Waals surface area contributed by atoms with Crippen molar-refractivity contribution in [2.75, 3.05) is 5.32 Å². The number of urea groups is 1. The summed E-state index contributed by atoms with van der Waals surface area (Å²) in [6, 6.07) is 15.0. The van der Waals surface area contributed by atoms with E-state index in [9.17, 15) is 4.79 Å². The van der Waals surface area contributed by atoms with Gasteiger partial charge in [0.1, 0.15) is 5.76 Å². The molecule has 26 heavy (non-hydrogen) atoms. The van der Waals surface area contributed by atoms with E-state index in [0.717, 1.165) is 16.5 Å². The monoisotopic (exact) mass is 347 g/mol. The number of hydrogen-bond donors (Lipinski definition) is 2. The molecule has 2 amide bonds. The first-order valence-electron chi connectivity index (χ1n) is 8.21. The van der Waals surface area contributed by atoms with Crippen LogP contribution in [0.25, 0.3) is 10.9 Å². The minimum atomic E-state index is -0.335. The molecule has 0 aliphatic carbocycles. The first-order valence-corrected chi connectivity index (χ1v) is 8.21. The summed E-state index contributed by atoms with van der Waals surface area (Å²) in [4.78, 5) is 16.4.